The Balaban J connectivity index is 3.28. The third kappa shape index (κ3) is 2.53. The van der Waals surface area contributed by atoms with E-state index < -0.39 is 18.1 Å². The molecule has 0 amide bonds. The summed E-state index contributed by atoms with van der Waals surface area (Å²) in [5, 5.41) is 8.64. The van der Waals surface area contributed by atoms with Gasteiger partial charge in [0.15, 0.2) is 5.92 Å². The molecule has 0 aromatic heterocycles. The molecule has 1 aromatic rings. The Labute approximate surface area is 90.7 Å². The monoisotopic (exact) mass is 232 g/mol. The van der Waals surface area contributed by atoms with Crippen LogP contribution in [0, 0.1) is 13.8 Å². The first kappa shape index (κ1) is 12.5. The van der Waals surface area contributed by atoms with Crippen LogP contribution in [0.2, 0.25) is 0 Å². The molecule has 0 aliphatic rings. The highest BCUT2D eigenvalue weighted by atomic mass is 19.4. The zero-order valence-electron chi connectivity index (χ0n) is 8.80. The van der Waals surface area contributed by atoms with Gasteiger partial charge in [-0.3, -0.25) is 4.79 Å². The number of carboxylic acids is 1. The molecule has 1 aromatic carbocycles. The Morgan fingerprint density at radius 1 is 1.31 bits per heavy atom. The van der Waals surface area contributed by atoms with E-state index in [-0.39, 0.29) is 5.56 Å². The van der Waals surface area contributed by atoms with E-state index in [1.165, 1.54) is 25.1 Å². The summed E-state index contributed by atoms with van der Waals surface area (Å²) in [5.41, 5.74) is 0.933. The fourth-order valence-electron chi connectivity index (χ4n) is 1.60. The summed E-state index contributed by atoms with van der Waals surface area (Å²) in [6.07, 6.45) is -4.77. The number of alkyl halides is 3. The van der Waals surface area contributed by atoms with Crippen LogP contribution < -0.4 is 0 Å². The van der Waals surface area contributed by atoms with Crippen LogP contribution in [0.25, 0.3) is 0 Å². The Hall–Kier alpha value is -1.52. The molecular weight excluding hydrogens is 221 g/mol. The fraction of sp³-hybridized carbons (Fsp3) is 0.364. The molecule has 0 spiro atoms. The average molecular weight is 232 g/mol. The number of aryl methyl sites for hydroxylation is 2. The van der Waals surface area contributed by atoms with Gasteiger partial charge in [0.1, 0.15) is 0 Å². The van der Waals surface area contributed by atoms with Gasteiger partial charge in [0, 0.05) is 0 Å². The van der Waals surface area contributed by atoms with Crippen molar-refractivity contribution >= 4 is 5.97 Å². The summed E-state index contributed by atoms with van der Waals surface area (Å²) >= 11 is 0. The number of aliphatic carboxylic acids is 1. The number of carbonyl (C=O) groups is 1. The molecule has 1 atom stereocenters. The first-order valence-corrected chi connectivity index (χ1v) is 4.60. The van der Waals surface area contributed by atoms with Crippen molar-refractivity contribution in [3.05, 3.63) is 34.9 Å². The van der Waals surface area contributed by atoms with Gasteiger partial charge in [0.05, 0.1) is 0 Å². The maximum Gasteiger partial charge on any atom is 0.406 e. The molecule has 1 N–H and O–H groups in total. The van der Waals surface area contributed by atoms with E-state index in [0.717, 1.165) is 5.56 Å². The van der Waals surface area contributed by atoms with Gasteiger partial charge in [-0.1, -0.05) is 23.8 Å². The minimum absolute atomic E-state index is 0.203. The van der Waals surface area contributed by atoms with Crippen molar-refractivity contribution in [2.45, 2.75) is 25.9 Å². The van der Waals surface area contributed by atoms with E-state index in [0.29, 0.717) is 5.56 Å². The van der Waals surface area contributed by atoms with Crippen molar-refractivity contribution in [2.24, 2.45) is 0 Å². The molecule has 0 heterocycles. The molecular formula is C11H11F3O2. The lowest BCUT2D eigenvalue weighted by Gasteiger charge is -2.18. The standard InChI is InChI=1S/C11H11F3O2/c1-6-3-4-8(7(2)5-6)9(10(15)16)11(12,13)14/h3-5,9H,1-2H3,(H,15,16). The quantitative estimate of drug-likeness (QED) is 0.850. The largest absolute Gasteiger partial charge is 0.481 e. The van der Waals surface area contributed by atoms with Crippen LogP contribution in [0.3, 0.4) is 0 Å². The molecule has 0 aliphatic heterocycles. The first-order chi connectivity index (χ1) is 7.23. The van der Waals surface area contributed by atoms with Crippen LogP contribution in [0.4, 0.5) is 13.2 Å². The Bertz CT molecular complexity index is 410. The van der Waals surface area contributed by atoms with Crippen molar-refractivity contribution in [1.29, 1.82) is 0 Å². The van der Waals surface area contributed by atoms with Gasteiger partial charge in [0.25, 0.3) is 0 Å². The Kier molecular flexibility index (Phi) is 3.26. The zero-order valence-corrected chi connectivity index (χ0v) is 8.80. The summed E-state index contributed by atoms with van der Waals surface area (Å²) in [4.78, 5) is 10.7. The molecule has 0 saturated heterocycles. The molecule has 0 saturated carbocycles. The maximum atomic E-state index is 12.6. The number of halogens is 3. The summed E-state index contributed by atoms with van der Waals surface area (Å²) in [5.74, 6) is -4.33. The van der Waals surface area contributed by atoms with Gasteiger partial charge in [0.2, 0.25) is 0 Å². The highest BCUT2D eigenvalue weighted by Crippen LogP contribution is 2.36. The van der Waals surface area contributed by atoms with E-state index in [2.05, 4.69) is 0 Å². The summed E-state index contributed by atoms with van der Waals surface area (Å²) < 4.78 is 37.7. The van der Waals surface area contributed by atoms with E-state index in [1.54, 1.807) is 6.92 Å². The summed E-state index contributed by atoms with van der Waals surface area (Å²) in [7, 11) is 0. The lowest BCUT2D eigenvalue weighted by atomic mass is 9.93. The van der Waals surface area contributed by atoms with Crippen LogP contribution in [0.15, 0.2) is 18.2 Å². The predicted molar refractivity (Wildman–Crippen MR) is 52.3 cm³/mol. The second-order valence-electron chi connectivity index (χ2n) is 3.67. The van der Waals surface area contributed by atoms with Crippen LogP contribution in [-0.4, -0.2) is 17.3 Å². The lowest BCUT2D eigenvalue weighted by Crippen LogP contribution is -2.28. The van der Waals surface area contributed by atoms with Gasteiger partial charge in [-0.15, -0.1) is 0 Å². The first-order valence-electron chi connectivity index (χ1n) is 4.60. The van der Waals surface area contributed by atoms with Crippen molar-refractivity contribution in [1.82, 2.24) is 0 Å². The molecule has 0 bridgehead atoms. The van der Waals surface area contributed by atoms with Crippen LogP contribution in [-0.2, 0) is 4.79 Å². The van der Waals surface area contributed by atoms with Gasteiger partial charge in [-0.2, -0.15) is 13.2 Å². The molecule has 0 aliphatic carbocycles. The van der Waals surface area contributed by atoms with E-state index >= 15 is 0 Å². The molecule has 5 heteroatoms. The highest BCUT2D eigenvalue weighted by Gasteiger charge is 2.46. The summed E-state index contributed by atoms with van der Waals surface area (Å²) in [6, 6.07) is 4.23. The third-order valence-corrected chi connectivity index (χ3v) is 2.31. The lowest BCUT2D eigenvalue weighted by molar-refractivity contribution is -0.176. The topological polar surface area (TPSA) is 37.3 Å². The molecule has 16 heavy (non-hydrogen) atoms. The smallest absolute Gasteiger partial charge is 0.406 e. The fourth-order valence-corrected chi connectivity index (χ4v) is 1.60. The van der Waals surface area contributed by atoms with Crippen molar-refractivity contribution in [3.8, 4) is 0 Å². The highest BCUT2D eigenvalue weighted by molar-refractivity contribution is 5.77. The second kappa shape index (κ2) is 4.15. The number of carboxylic acid groups (broad SMARTS) is 1. The average Bonchev–Trinajstić information content (AvgIpc) is 2.06. The van der Waals surface area contributed by atoms with Crippen molar-refractivity contribution < 1.29 is 23.1 Å². The molecule has 0 radical (unpaired) electrons. The van der Waals surface area contributed by atoms with E-state index in [4.69, 9.17) is 5.11 Å². The zero-order chi connectivity index (χ0) is 12.5. The molecule has 1 rings (SSSR count). The molecule has 1 unspecified atom stereocenters. The maximum absolute atomic E-state index is 12.6. The normalized spacial score (nSPS) is 13.6. The van der Waals surface area contributed by atoms with Gasteiger partial charge >= 0.3 is 12.1 Å². The predicted octanol–water partition coefficient (Wildman–Crippen LogP) is 3.03. The van der Waals surface area contributed by atoms with Crippen LogP contribution in [0.1, 0.15) is 22.6 Å². The number of rotatable bonds is 2. The number of hydrogen-bond acceptors (Lipinski definition) is 1. The van der Waals surface area contributed by atoms with Crippen molar-refractivity contribution in [3.63, 3.8) is 0 Å². The van der Waals surface area contributed by atoms with E-state index in [9.17, 15) is 18.0 Å². The molecule has 88 valence electrons. The summed E-state index contributed by atoms with van der Waals surface area (Å²) in [6.45, 7) is 3.21. The molecule has 2 nitrogen and oxygen atoms in total. The molecule has 0 fully saturated rings. The number of hydrogen-bond donors (Lipinski definition) is 1. The second-order valence-corrected chi connectivity index (χ2v) is 3.67. The minimum atomic E-state index is -4.77. The minimum Gasteiger partial charge on any atom is -0.481 e. The van der Waals surface area contributed by atoms with E-state index in [1.807, 2.05) is 0 Å². The Morgan fingerprint density at radius 2 is 1.88 bits per heavy atom. The van der Waals surface area contributed by atoms with Gasteiger partial charge < -0.3 is 5.11 Å². The SMILES string of the molecule is Cc1ccc(C(C(=O)O)C(F)(F)F)c(C)c1. The van der Waals surface area contributed by atoms with Crippen molar-refractivity contribution in [2.75, 3.05) is 0 Å². The Morgan fingerprint density at radius 3 is 2.25 bits per heavy atom. The van der Waals surface area contributed by atoms with Crippen LogP contribution in [0.5, 0.6) is 0 Å². The van der Waals surface area contributed by atoms with Crippen LogP contribution >= 0.6 is 0 Å². The van der Waals surface area contributed by atoms with Gasteiger partial charge in [-0.25, -0.2) is 0 Å². The third-order valence-electron chi connectivity index (χ3n) is 2.31. The van der Waals surface area contributed by atoms with Gasteiger partial charge in [-0.05, 0) is 25.0 Å². The number of benzene rings is 1.